The first-order chi connectivity index (χ1) is 9.42. The van der Waals surface area contributed by atoms with Crippen LogP contribution in [0.5, 0.6) is 5.75 Å². The van der Waals surface area contributed by atoms with Crippen molar-refractivity contribution in [1.29, 1.82) is 0 Å². The van der Waals surface area contributed by atoms with Gasteiger partial charge in [-0.3, -0.25) is 0 Å². The summed E-state index contributed by atoms with van der Waals surface area (Å²) in [6.45, 7) is 8.82. The molecule has 0 heterocycles. The Morgan fingerprint density at radius 1 is 1.10 bits per heavy atom. The van der Waals surface area contributed by atoms with Crippen LogP contribution in [0.2, 0.25) is 0 Å². The van der Waals surface area contributed by atoms with E-state index in [-0.39, 0.29) is 12.0 Å². The molecular weight excluding hydrogens is 248 g/mol. The van der Waals surface area contributed by atoms with Crippen molar-refractivity contribution in [2.24, 2.45) is 0 Å². The maximum Gasteiger partial charge on any atom is 0.122 e. The van der Waals surface area contributed by atoms with Crippen LogP contribution in [-0.2, 0) is 11.8 Å². The van der Waals surface area contributed by atoms with Crippen LogP contribution < -0.4 is 0 Å². The zero-order valence-electron chi connectivity index (χ0n) is 13.5. The molecule has 0 fully saturated rings. The molecule has 0 saturated carbocycles. The Kier molecular flexibility index (Phi) is 6.54. The third-order valence-corrected chi connectivity index (χ3v) is 4.12. The Balaban J connectivity index is 2.98. The lowest BCUT2D eigenvalue weighted by Gasteiger charge is -2.27. The zero-order chi connectivity index (χ0) is 15.2. The van der Waals surface area contributed by atoms with Crippen LogP contribution in [-0.4, -0.2) is 16.8 Å². The largest absolute Gasteiger partial charge is 0.507 e. The molecule has 0 saturated heterocycles. The van der Waals surface area contributed by atoms with E-state index in [2.05, 4.69) is 26.8 Å². The molecule has 1 aromatic carbocycles. The summed E-state index contributed by atoms with van der Waals surface area (Å²) in [6.07, 6.45) is 6.40. The number of aryl methyl sites for hydroxylation is 2. The lowest BCUT2D eigenvalue weighted by atomic mass is 9.78. The molecule has 0 aromatic heterocycles. The fourth-order valence-corrected chi connectivity index (χ4v) is 2.75. The van der Waals surface area contributed by atoms with Crippen LogP contribution in [0.4, 0.5) is 0 Å². The molecule has 0 aliphatic heterocycles. The van der Waals surface area contributed by atoms with Crippen LogP contribution in [0.3, 0.4) is 0 Å². The second-order valence-corrected chi connectivity index (χ2v) is 6.48. The van der Waals surface area contributed by atoms with Crippen LogP contribution >= 0.6 is 0 Å². The van der Waals surface area contributed by atoms with Gasteiger partial charge in [-0.15, -0.1) is 0 Å². The molecular formula is C18H30O2. The maximum absolute atomic E-state index is 10.4. The molecule has 2 N–H and O–H groups in total. The van der Waals surface area contributed by atoms with Gasteiger partial charge in [0.25, 0.3) is 0 Å². The van der Waals surface area contributed by atoms with E-state index < -0.39 is 0 Å². The molecule has 0 spiro atoms. The molecule has 0 aliphatic rings. The predicted octanol–water partition coefficient (Wildman–Crippen LogP) is 4.48. The molecule has 20 heavy (non-hydrogen) atoms. The van der Waals surface area contributed by atoms with Gasteiger partial charge in [-0.1, -0.05) is 52.2 Å². The number of aromatic hydroxyl groups is 1. The van der Waals surface area contributed by atoms with Crippen LogP contribution in [0, 0.1) is 6.92 Å². The van der Waals surface area contributed by atoms with Crippen molar-refractivity contribution in [3.63, 3.8) is 0 Å². The van der Waals surface area contributed by atoms with E-state index in [0.717, 1.165) is 30.4 Å². The van der Waals surface area contributed by atoms with Gasteiger partial charge in [0.1, 0.15) is 5.75 Å². The average Bonchev–Trinajstić information content (AvgIpc) is 2.39. The third-order valence-electron chi connectivity index (χ3n) is 4.12. The van der Waals surface area contributed by atoms with Crippen LogP contribution in [0.15, 0.2) is 12.1 Å². The Morgan fingerprint density at radius 2 is 1.80 bits per heavy atom. The van der Waals surface area contributed by atoms with Crippen molar-refractivity contribution in [3.05, 3.63) is 28.8 Å². The number of hydrogen-bond acceptors (Lipinski definition) is 2. The van der Waals surface area contributed by atoms with Gasteiger partial charge in [0.15, 0.2) is 0 Å². The number of rotatable bonds is 8. The zero-order valence-corrected chi connectivity index (χ0v) is 13.5. The fraction of sp³-hybridized carbons (Fsp3) is 0.667. The van der Waals surface area contributed by atoms with Gasteiger partial charge in [0.2, 0.25) is 0 Å². The van der Waals surface area contributed by atoms with Crippen molar-refractivity contribution in [3.8, 4) is 5.75 Å². The Bertz CT molecular complexity index is 422. The van der Waals surface area contributed by atoms with Gasteiger partial charge in [0.05, 0.1) is 0 Å². The predicted molar refractivity (Wildman–Crippen MR) is 85.4 cm³/mol. The second-order valence-electron chi connectivity index (χ2n) is 6.48. The van der Waals surface area contributed by atoms with Gasteiger partial charge in [-0.25, -0.2) is 0 Å². The lowest BCUT2D eigenvalue weighted by Crippen LogP contribution is -2.18. The number of aliphatic hydroxyl groups excluding tert-OH is 1. The molecule has 1 rings (SSSR count). The lowest BCUT2D eigenvalue weighted by molar-refractivity contribution is 0.288. The summed E-state index contributed by atoms with van der Waals surface area (Å²) >= 11 is 0. The Labute approximate surface area is 123 Å². The summed E-state index contributed by atoms with van der Waals surface area (Å²) in [5, 5.41) is 19.4. The minimum absolute atomic E-state index is 0.000756. The molecule has 0 aliphatic carbocycles. The average molecular weight is 278 g/mol. The Hall–Kier alpha value is -1.02. The molecule has 0 atom stereocenters. The van der Waals surface area contributed by atoms with Gasteiger partial charge in [-0.05, 0) is 42.7 Å². The summed E-state index contributed by atoms with van der Waals surface area (Å²) < 4.78 is 0. The highest BCUT2D eigenvalue weighted by Crippen LogP contribution is 2.38. The first kappa shape index (κ1) is 17.0. The van der Waals surface area contributed by atoms with Gasteiger partial charge in [-0.2, -0.15) is 0 Å². The topological polar surface area (TPSA) is 40.5 Å². The summed E-state index contributed by atoms with van der Waals surface area (Å²) in [5.41, 5.74) is 3.22. The molecule has 0 amide bonds. The third kappa shape index (κ3) is 4.52. The minimum atomic E-state index is -0.000756. The van der Waals surface area contributed by atoms with Crippen molar-refractivity contribution < 1.29 is 10.2 Å². The number of benzene rings is 1. The van der Waals surface area contributed by atoms with E-state index in [1.807, 2.05) is 13.0 Å². The molecule has 2 nitrogen and oxygen atoms in total. The van der Waals surface area contributed by atoms with Crippen molar-refractivity contribution in [2.45, 2.75) is 71.6 Å². The first-order valence-electron chi connectivity index (χ1n) is 7.86. The molecule has 0 radical (unpaired) electrons. The SMILES string of the molecule is CCCCCC(C)(C)c1cc(CCCO)cc(C)c1O. The molecule has 1 aromatic rings. The Morgan fingerprint density at radius 3 is 2.40 bits per heavy atom. The van der Waals surface area contributed by atoms with Gasteiger partial charge in [0, 0.05) is 12.2 Å². The molecule has 2 heteroatoms. The first-order valence-corrected chi connectivity index (χ1v) is 7.86. The fourth-order valence-electron chi connectivity index (χ4n) is 2.75. The normalized spacial score (nSPS) is 11.8. The van der Waals surface area contributed by atoms with E-state index in [1.54, 1.807) is 0 Å². The summed E-state index contributed by atoms with van der Waals surface area (Å²) in [6, 6.07) is 4.17. The van der Waals surface area contributed by atoms with Gasteiger partial charge >= 0.3 is 0 Å². The van der Waals surface area contributed by atoms with Gasteiger partial charge < -0.3 is 10.2 Å². The van der Waals surface area contributed by atoms with Crippen molar-refractivity contribution in [1.82, 2.24) is 0 Å². The van der Waals surface area contributed by atoms with Crippen molar-refractivity contribution in [2.75, 3.05) is 6.61 Å². The van der Waals surface area contributed by atoms with E-state index in [1.165, 1.54) is 24.8 Å². The van der Waals surface area contributed by atoms with E-state index >= 15 is 0 Å². The summed E-state index contributed by atoms with van der Waals surface area (Å²) in [5.74, 6) is 0.444. The highest BCUT2D eigenvalue weighted by atomic mass is 16.3. The number of unbranched alkanes of at least 4 members (excludes halogenated alkanes) is 2. The molecule has 0 bridgehead atoms. The van der Waals surface area contributed by atoms with E-state index in [4.69, 9.17) is 5.11 Å². The van der Waals surface area contributed by atoms with Crippen LogP contribution in [0.25, 0.3) is 0 Å². The minimum Gasteiger partial charge on any atom is -0.507 e. The molecule has 0 unspecified atom stereocenters. The smallest absolute Gasteiger partial charge is 0.122 e. The maximum atomic E-state index is 10.4. The summed E-state index contributed by atoms with van der Waals surface area (Å²) in [7, 11) is 0. The van der Waals surface area contributed by atoms with E-state index in [9.17, 15) is 5.11 Å². The second kappa shape index (κ2) is 7.68. The molecule has 114 valence electrons. The van der Waals surface area contributed by atoms with E-state index in [0.29, 0.717) is 5.75 Å². The number of phenolic OH excluding ortho intramolecular Hbond substituents is 1. The highest BCUT2D eigenvalue weighted by Gasteiger charge is 2.24. The quantitative estimate of drug-likeness (QED) is 0.688. The van der Waals surface area contributed by atoms with Crippen molar-refractivity contribution >= 4 is 0 Å². The summed E-state index contributed by atoms with van der Waals surface area (Å²) in [4.78, 5) is 0. The standard InChI is InChI=1S/C18H30O2/c1-5-6-7-10-18(3,4)16-13-15(9-8-11-19)12-14(2)17(16)20/h12-13,19-20H,5-11H2,1-4H3. The highest BCUT2D eigenvalue weighted by molar-refractivity contribution is 5.46. The number of aliphatic hydroxyl groups is 1. The number of hydrogen-bond donors (Lipinski definition) is 2. The van der Waals surface area contributed by atoms with Crippen LogP contribution in [0.1, 0.15) is 69.6 Å². The number of phenols is 1. The monoisotopic (exact) mass is 278 g/mol.